The standard InChI is InChI=1S/C30H37N3O/c1-28(2)16-20(14-22(17-28)23(18-31)19-32)8-9-21-15-24-26-25(27(21)34-7)30(5,6)11-13-33(26)12-10-29(24,3)4/h8-9,14-15H,10-13,16-17H2,1-7H3/b9-8+. The van der Waals surface area contributed by atoms with E-state index in [0.717, 1.165) is 61.2 Å². The van der Waals surface area contributed by atoms with E-state index in [1.54, 1.807) is 7.11 Å². The Hall–Kier alpha value is -2.98. The van der Waals surface area contributed by atoms with Crippen LogP contribution in [0.5, 0.6) is 5.75 Å². The van der Waals surface area contributed by atoms with Gasteiger partial charge >= 0.3 is 0 Å². The topological polar surface area (TPSA) is 60.0 Å². The molecule has 4 rings (SSSR count). The van der Waals surface area contributed by atoms with Crippen LogP contribution in [0.2, 0.25) is 0 Å². The maximum absolute atomic E-state index is 9.41. The number of nitrogens with zero attached hydrogens (tertiary/aromatic N) is 3. The predicted molar refractivity (Wildman–Crippen MR) is 139 cm³/mol. The second-order valence-corrected chi connectivity index (χ2v) is 12.2. The summed E-state index contributed by atoms with van der Waals surface area (Å²) in [4.78, 5) is 2.56. The van der Waals surface area contributed by atoms with Crippen LogP contribution in [-0.2, 0) is 10.8 Å². The first kappa shape index (κ1) is 24.2. The summed E-state index contributed by atoms with van der Waals surface area (Å²) < 4.78 is 6.10. The maximum atomic E-state index is 9.41. The molecule has 1 aromatic carbocycles. The lowest BCUT2D eigenvalue weighted by molar-refractivity contribution is 0.354. The highest BCUT2D eigenvalue weighted by atomic mass is 16.5. The van der Waals surface area contributed by atoms with Gasteiger partial charge in [-0.05, 0) is 64.7 Å². The first-order valence-electron chi connectivity index (χ1n) is 12.4. The molecule has 0 unspecified atom stereocenters. The molecule has 0 spiro atoms. The fourth-order valence-electron chi connectivity index (χ4n) is 6.01. The van der Waals surface area contributed by atoms with Gasteiger partial charge in [0.1, 0.15) is 23.5 Å². The van der Waals surface area contributed by atoms with Crippen molar-refractivity contribution in [1.29, 1.82) is 10.5 Å². The first-order valence-corrected chi connectivity index (χ1v) is 12.4. The number of ether oxygens (including phenoxy) is 1. The van der Waals surface area contributed by atoms with Gasteiger partial charge in [0.15, 0.2) is 0 Å². The van der Waals surface area contributed by atoms with Crippen molar-refractivity contribution in [3.05, 3.63) is 51.6 Å². The van der Waals surface area contributed by atoms with Crippen LogP contribution in [0.15, 0.2) is 34.9 Å². The lowest BCUT2D eigenvalue weighted by Crippen LogP contribution is -2.45. The zero-order valence-corrected chi connectivity index (χ0v) is 21.8. The number of rotatable bonds is 3. The largest absolute Gasteiger partial charge is 0.496 e. The van der Waals surface area contributed by atoms with Gasteiger partial charge in [0.25, 0.3) is 0 Å². The van der Waals surface area contributed by atoms with E-state index in [2.05, 4.69) is 76.8 Å². The molecule has 0 saturated carbocycles. The summed E-state index contributed by atoms with van der Waals surface area (Å²) in [7, 11) is 1.79. The molecule has 34 heavy (non-hydrogen) atoms. The summed E-state index contributed by atoms with van der Waals surface area (Å²) in [5, 5.41) is 18.8. The Bertz CT molecular complexity index is 1180. The molecule has 0 aromatic heterocycles. The van der Waals surface area contributed by atoms with Gasteiger partial charge in [0, 0.05) is 29.9 Å². The lowest BCUT2D eigenvalue weighted by Gasteiger charge is -2.48. The van der Waals surface area contributed by atoms with Gasteiger partial charge in [-0.2, -0.15) is 10.5 Å². The van der Waals surface area contributed by atoms with Gasteiger partial charge in [0.05, 0.1) is 7.11 Å². The van der Waals surface area contributed by atoms with Crippen LogP contribution >= 0.6 is 0 Å². The number of benzene rings is 1. The van der Waals surface area contributed by atoms with E-state index in [4.69, 9.17) is 4.74 Å². The summed E-state index contributed by atoms with van der Waals surface area (Å²) in [5.41, 5.74) is 7.59. The highest BCUT2D eigenvalue weighted by Gasteiger charge is 2.42. The normalized spacial score (nSPS) is 21.9. The van der Waals surface area contributed by atoms with Gasteiger partial charge < -0.3 is 9.64 Å². The van der Waals surface area contributed by atoms with E-state index >= 15 is 0 Å². The number of anilines is 1. The Morgan fingerprint density at radius 3 is 2.24 bits per heavy atom. The third kappa shape index (κ3) is 4.16. The molecule has 2 aliphatic heterocycles. The Kier molecular flexibility index (Phi) is 5.93. The van der Waals surface area contributed by atoms with Crippen LogP contribution in [-0.4, -0.2) is 20.2 Å². The van der Waals surface area contributed by atoms with Crippen molar-refractivity contribution >= 4 is 11.8 Å². The highest BCUT2D eigenvalue weighted by Crippen LogP contribution is 2.53. The van der Waals surface area contributed by atoms with E-state index in [0.29, 0.717) is 0 Å². The quantitative estimate of drug-likeness (QED) is 0.462. The van der Waals surface area contributed by atoms with Crippen molar-refractivity contribution in [2.24, 2.45) is 5.41 Å². The molecule has 0 radical (unpaired) electrons. The van der Waals surface area contributed by atoms with Crippen LogP contribution in [0, 0.1) is 28.1 Å². The van der Waals surface area contributed by atoms with Crippen LogP contribution in [0.25, 0.3) is 6.08 Å². The number of hydrogen-bond donors (Lipinski definition) is 0. The molecule has 2 heterocycles. The molecule has 3 aliphatic rings. The molecular formula is C30H37N3O. The van der Waals surface area contributed by atoms with Gasteiger partial charge in [-0.3, -0.25) is 0 Å². The number of hydrogen-bond acceptors (Lipinski definition) is 4. The summed E-state index contributed by atoms with van der Waals surface area (Å²) in [5.74, 6) is 0.976. The summed E-state index contributed by atoms with van der Waals surface area (Å²) >= 11 is 0. The van der Waals surface area contributed by atoms with Gasteiger partial charge in [-0.25, -0.2) is 0 Å². The smallest absolute Gasteiger partial charge is 0.132 e. The SMILES string of the molecule is COc1c(/C=C/C2=CC(=C(C#N)C#N)CC(C)(C)C2)cc2c3c1C(C)(C)CCN3CCC2(C)C. The minimum absolute atomic E-state index is 0.000869. The van der Waals surface area contributed by atoms with Crippen molar-refractivity contribution in [2.75, 3.05) is 25.1 Å². The Morgan fingerprint density at radius 2 is 1.62 bits per heavy atom. The molecule has 178 valence electrons. The van der Waals surface area contributed by atoms with Crippen molar-refractivity contribution < 1.29 is 4.74 Å². The molecule has 4 nitrogen and oxygen atoms in total. The van der Waals surface area contributed by atoms with Crippen LogP contribution in [0.4, 0.5) is 5.69 Å². The Morgan fingerprint density at radius 1 is 0.971 bits per heavy atom. The monoisotopic (exact) mass is 455 g/mol. The van der Waals surface area contributed by atoms with E-state index < -0.39 is 0 Å². The highest BCUT2D eigenvalue weighted by molar-refractivity contribution is 5.78. The van der Waals surface area contributed by atoms with Crippen molar-refractivity contribution in [1.82, 2.24) is 0 Å². The molecule has 0 fully saturated rings. The van der Waals surface area contributed by atoms with E-state index in [1.807, 2.05) is 6.08 Å². The molecule has 0 N–H and O–H groups in total. The van der Waals surface area contributed by atoms with E-state index in [-0.39, 0.29) is 21.8 Å². The predicted octanol–water partition coefficient (Wildman–Crippen LogP) is 6.97. The molecule has 0 amide bonds. The second-order valence-electron chi connectivity index (χ2n) is 12.2. The minimum atomic E-state index is -0.000869. The molecule has 0 bridgehead atoms. The van der Waals surface area contributed by atoms with Gasteiger partial charge in [-0.1, -0.05) is 59.8 Å². The molecular weight excluding hydrogens is 418 g/mol. The van der Waals surface area contributed by atoms with Gasteiger partial charge in [0.2, 0.25) is 0 Å². The van der Waals surface area contributed by atoms with Crippen LogP contribution in [0.1, 0.15) is 83.9 Å². The number of allylic oxidation sites excluding steroid dienone is 5. The number of nitriles is 2. The van der Waals surface area contributed by atoms with Crippen LogP contribution < -0.4 is 9.64 Å². The Balaban J connectivity index is 1.88. The molecule has 4 heteroatoms. The van der Waals surface area contributed by atoms with Crippen molar-refractivity contribution in [3.63, 3.8) is 0 Å². The first-order chi connectivity index (χ1) is 15.9. The van der Waals surface area contributed by atoms with Crippen molar-refractivity contribution in [3.8, 4) is 17.9 Å². The molecule has 1 aromatic rings. The molecule has 1 aliphatic carbocycles. The summed E-state index contributed by atoms with van der Waals surface area (Å²) in [6.07, 6.45) is 10.3. The summed E-state index contributed by atoms with van der Waals surface area (Å²) in [6.45, 7) is 16.0. The van der Waals surface area contributed by atoms with E-state index in [1.165, 1.54) is 16.8 Å². The minimum Gasteiger partial charge on any atom is -0.496 e. The van der Waals surface area contributed by atoms with Crippen LogP contribution in [0.3, 0.4) is 0 Å². The third-order valence-electron chi connectivity index (χ3n) is 7.95. The molecule has 0 atom stereocenters. The number of methoxy groups -OCH3 is 1. The Labute approximate surface area is 205 Å². The average molecular weight is 456 g/mol. The fraction of sp³-hybridized carbons (Fsp3) is 0.533. The van der Waals surface area contributed by atoms with E-state index in [9.17, 15) is 10.5 Å². The summed E-state index contributed by atoms with van der Waals surface area (Å²) in [6, 6.07) is 6.49. The zero-order valence-electron chi connectivity index (χ0n) is 21.8. The van der Waals surface area contributed by atoms with Crippen molar-refractivity contribution in [2.45, 2.75) is 78.1 Å². The zero-order chi connectivity index (χ0) is 24.9. The van der Waals surface area contributed by atoms with Gasteiger partial charge in [-0.15, -0.1) is 0 Å². The lowest BCUT2D eigenvalue weighted by atomic mass is 9.68. The molecule has 0 saturated heterocycles. The average Bonchev–Trinajstić information content (AvgIpc) is 2.75. The second kappa shape index (κ2) is 8.35. The maximum Gasteiger partial charge on any atom is 0.132 e. The third-order valence-corrected chi connectivity index (χ3v) is 7.95. The fourth-order valence-corrected chi connectivity index (χ4v) is 6.01.